The third-order valence-electron chi connectivity index (χ3n) is 4.74. The first-order valence-electron chi connectivity index (χ1n) is 10.0. The lowest BCUT2D eigenvalue weighted by Gasteiger charge is -2.29. The molecule has 174 valence electrons. The molecule has 2 aromatic rings. The number of carboxylic acid groups (broad SMARTS) is 2. The molecule has 0 unspecified atom stereocenters. The van der Waals surface area contributed by atoms with Crippen LogP contribution in [0.15, 0.2) is 22.9 Å². The van der Waals surface area contributed by atoms with Crippen molar-refractivity contribution in [1.29, 1.82) is 0 Å². The number of carbonyl (C=O) groups excluding carboxylic acids is 2. The van der Waals surface area contributed by atoms with Gasteiger partial charge in [0.1, 0.15) is 10.6 Å². The third kappa shape index (κ3) is 7.43. The molecule has 1 fully saturated rings. The smallest absolute Gasteiger partial charge is 0.414 e. The number of hydrogen-bond acceptors (Lipinski definition) is 8. The summed E-state index contributed by atoms with van der Waals surface area (Å²) in [6.07, 6.45) is 2.26. The van der Waals surface area contributed by atoms with Crippen molar-refractivity contribution >= 4 is 51.5 Å². The van der Waals surface area contributed by atoms with E-state index in [1.54, 1.807) is 18.3 Å². The molecule has 11 heteroatoms. The molecule has 0 saturated carbocycles. The minimum Gasteiger partial charge on any atom is -0.473 e. The molecule has 9 nitrogen and oxygen atoms in total. The molecule has 1 amide bonds. The van der Waals surface area contributed by atoms with Gasteiger partial charge in [-0.3, -0.25) is 9.69 Å². The van der Waals surface area contributed by atoms with Gasteiger partial charge in [0.15, 0.2) is 0 Å². The first kappa shape index (κ1) is 25.5. The Morgan fingerprint density at radius 2 is 1.81 bits per heavy atom. The number of carbonyl (C=O) groups is 4. The minimum atomic E-state index is -1.82. The van der Waals surface area contributed by atoms with Gasteiger partial charge in [0.2, 0.25) is 5.91 Å². The van der Waals surface area contributed by atoms with Crippen molar-refractivity contribution in [2.45, 2.75) is 26.7 Å². The van der Waals surface area contributed by atoms with Crippen molar-refractivity contribution in [3.05, 3.63) is 28.5 Å². The summed E-state index contributed by atoms with van der Waals surface area (Å²) in [7, 11) is 0. The van der Waals surface area contributed by atoms with E-state index in [0.717, 1.165) is 42.3 Å². The Kier molecular flexibility index (Phi) is 9.82. The summed E-state index contributed by atoms with van der Waals surface area (Å²) < 4.78 is 5.22. The number of amides is 1. The first-order chi connectivity index (χ1) is 15.2. The fourth-order valence-electron chi connectivity index (χ4n) is 3.06. The number of carboxylic acids is 2. The van der Waals surface area contributed by atoms with Crippen LogP contribution in [-0.4, -0.2) is 65.2 Å². The van der Waals surface area contributed by atoms with Crippen molar-refractivity contribution < 1.29 is 34.1 Å². The molecule has 0 spiro atoms. The van der Waals surface area contributed by atoms with Gasteiger partial charge in [0.25, 0.3) is 0 Å². The van der Waals surface area contributed by atoms with Crippen LogP contribution < -0.4 is 5.32 Å². The Morgan fingerprint density at radius 1 is 1.16 bits per heavy atom. The summed E-state index contributed by atoms with van der Waals surface area (Å²) in [6, 6.07) is 3.91. The second kappa shape index (κ2) is 12.3. The molecule has 3 heterocycles. The Labute approximate surface area is 193 Å². The van der Waals surface area contributed by atoms with Crippen LogP contribution in [0, 0.1) is 5.92 Å². The monoisotopic (exact) mass is 482 g/mol. The number of esters is 1. The standard InChI is InChI=1S/C19H24N2O3S2.C2H2O4/c1-3-24-19(23)17-14(15-5-4-10-25-15)12-26-18(17)20-16(22)11-21-8-6-13(2)7-9-21;3-1(4)2(5)6/h4-5,10,12-13H,3,6-9,11H2,1-2H3,(H,20,22);(H,3,4)(H,5,6). The highest BCUT2D eigenvalue weighted by Gasteiger charge is 2.24. The Hall–Kier alpha value is -2.76. The number of likely N-dealkylation sites (tertiary alicyclic amines) is 1. The minimum absolute atomic E-state index is 0.0790. The van der Waals surface area contributed by atoms with Gasteiger partial charge in [-0.2, -0.15) is 0 Å². The van der Waals surface area contributed by atoms with Crippen LogP contribution in [0.5, 0.6) is 0 Å². The summed E-state index contributed by atoms with van der Waals surface area (Å²) in [5.41, 5.74) is 1.28. The van der Waals surface area contributed by atoms with Gasteiger partial charge in [0, 0.05) is 15.8 Å². The van der Waals surface area contributed by atoms with E-state index in [1.807, 2.05) is 22.9 Å². The third-order valence-corrected chi connectivity index (χ3v) is 6.54. The number of thiophene rings is 2. The molecular formula is C21H26N2O7S2. The van der Waals surface area contributed by atoms with E-state index in [9.17, 15) is 9.59 Å². The lowest BCUT2D eigenvalue weighted by atomic mass is 9.99. The molecule has 0 bridgehead atoms. The normalized spacial score (nSPS) is 14.2. The fraction of sp³-hybridized carbons (Fsp3) is 0.429. The molecule has 32 heavy (non-hydrogen) atoms. The highest BCUT2D eigenvalue weighted by atomic mass is 32.1. The predicted octanol–water partition coefficient (Wildman–Crippen LogP) is 3.48. The molecular weight excluding hydrogens is 456 g/mol. The summed E-state index contributed by atoms with van der Waals surface area (Å²) in [5, 5.41) is 22.2. The number of aliphatic carboxylic acids is 2. The van der Waals surface area contributed by atoms with Crippen LogP contribution >= 0.6 is 22.7 Å². The molecule has 0 aliphatic carbocycles. The molecule has 3 rings (SSSR count). The SMILES string of the molecule is CCOC(=O)c1c(-c2cccs2)csc1NC(=O)CN1CCC(C)CC1.O=C(O)C(=O)O. The number of hydrogen-bond donors (Lipinski definition) is 3. The van der Waals surface area contributed by atoms with Gasteiger partial charge in [-0.05, 0) is 50.2 Å². The fourth-order valence-corrected chi connectivity index (χ4v) is 4.85. The van der Waals surface area contributed by atoms with Crippen LogP contribution in [0.2, 0.25) is 0 Å². The van der Waals surface area contributed by atoms with E-state index in [2.05, 4.69) is 17.1 Å². The topological polar surface area (TPSA) is 133 Å². The van der Waals surface area contributed by atoms with E-state index < -0.39 is 11.9 Å². The predicted molar refractivity (Wildman–Crippen MR) is 122 cm³/mol. The number of rotatable bonds is 6. The second-order valence-corrected chi connectivity index (χ2v) is 9.00. The summed E-state index contributed by atoms with van der Waals surface area (Å²) in [5.74, 6) is -3.38. The van der Waals surface area contributed by atoms with Gasteiger partial charge in [-0.25, -0.2) is 14.4 Å². The zero-order valence-electron chi connectivity index (χ0n) is 17.8. The van der Waals surface area contributed by atoms with Crippen molar-refractivity contribution in [3.63, 3.8) is 0 Å². The van der Waals surface area contributed by atoms with E-state index in [0.29, 0.717) is 23.7 Å². The van der Waals surface area contributed by atoms with Gasteiger partial charge in [-0.15, -0.1) is 22.7 Å². The van der Waals surface area contributed by atoms with Crippen molar-refractivity contribution in [1.82, 2.24) is 4.90 Å². The second-order valence-electron chi connectivity index (χ2n) is 7.17. The van der Waals surface area contributed by atoms with E-state index in [4.69, 9.17) is 24.5 Å². The first-order valence-corrected chi connectivity index (χ1v) is 11.8. The Balaban J connectivity index is 0.000000534. The lowest BCUT2D eigenvalue weighted by Crippen LogP contribution is -2.38. The summed E-state index contributed by atoms with van der Waals surface area (Å²) >= 11 is 2.94. The maximum atomic E-state index is 12.5. The van der Waals surface area contributed by atoms with E-state index >= 15 is 0 Å². The van der Waals surface area contributed by atoms with Crippen molar-refractivity contribution in [3.8, 4) is 10.4 Å². The van der Waals surface area contributed by atoms with E-state index in [1.165, 1.54) is 11.3 Å². The largest absolute Gasteiger partial charge is 0.473 e. The molecule has 1 aliphatic heterocycles. The van der Waals surface area contributed by atoms with Crippen LogP contribution in [0.4, 0.5) is 5.00 Å². The summed E-state index contributed by atoms with van der Waals surface area (Å²) in [6.45, 7) is 6.60. The zero-order valence-corrected chi connectivity index (χ0v) is 19.5. The average molecular weight is 483 g/mol. The Bertz CT molecular complexity index is 920. The molecule has 0 atom stereocenters. The number of piperidine rings is 1. The van der Waals surface area contributed by atoms with E-state index in [-0.39, 0.29) is 11.9 Å². The van der Waals surface area contributed by atoms with Crippen LogP contribution in [0.3, 0.4) is 0 Å². The van der Waals surface area contributed by atoms with Crippen LogP contribution in [0.1, 0.15) is 37.0 Å². The lowest BCUT2D eigenvalue weighted by molar-refractivity contribution is -0.159. The maximum Gasteiger partial charge on any atom is 0.414 e. The molecule has 2 aromatic heterocycles. The highest BCUT2D eigenvalue weighted by Crippen LogP contribution is 2.38. The van der Waals surface area contributed by atoms with Crippen molar-refractivity contribution in [2.75, 3.05) is 31.6 Å². The quantitative estimate of drug-likeness (QED) is 0.421. The molecule has 1 saturated heterocycles. The number of ether oxygens (including phenoxy) is 1. The highest BCUT2D eigenvalue weighted by molar-refractivity contribution is 7.17. The number of nitrogens with zero attached hydrogens (tertiary/aromatic N) is 1. The molecule has 3 N–H and O–H groups in total. The van der Waals surface area contributed by atoms with Gasteiger partial charge in [-0.1, -0.05) is 13.0 Å². The summed E-state index contributed by atoms with van der Waals surface area (Å²) in [4.78, 5) is 46.3. The van der Waals surface area contributed by atoms with Gasteiger partial charge < -0.3 is 20.3 Å². The van der Waals surface area contributed by atoms with Crippen LogP contribution in [0.25, 0.3) is 10.4 Å². The number of anilines is 1. The van der Waals surface area contributed by atoms with Gasteiger partial charge in [0.05, 0.1) is 13.2 Å². The zero-order chi connectivity index (χ0) is 23.7. The van der Waals surface area contributed by atoms with Crippen LogP contribution in [-0.2, 0) is 19.1 Å². The molecule has 0 radical (unpaired) electrons. The Morgan fingerprint density at radius 3 is 2.34 bits per heavy atom. The van der Waals surface area contributed by atoms with Crippen molar-refractivity contribution in [2.24, 2.45) is 5.92 Å². The maximum absolute atomic E-state index is 12.5. The number of nitrogens with one attached hydrogen (secondary N) is 1. The van der Waals surface area contributed by atoms with Gasteiger partial charge >= 0.3 is 17.9 Å². The molecule has 0 aromatic carbocycles. The molecule has 1 aliphatic rings. The average Bonchev–Trinajstić information content (AvgIpc) is 3.40.